The molecule has 2 heteroatoms. The van der Waals surface area contributed by atoms with Crippen LogP contribution in [0.3, 0.4) is 0 Å². The number of hydrogen-bond donors (Lipinski definition) is 0. The molecule has 3 aromatic rings. The smallest absolute Gasteiger partial charge is 0.0175 e. The van der Waals surface area contributed by atoms with Gasteiger partial charge < -0.3 is 0 Å². The van der Waals surface area contributed by atoms with Gasteiger partial charge in [-0.25, -0.2) is 0 Å². The van der Waals surface area contributed by atoms with E-state index < -0.39 is 0 Å². The third kappa shape index (κ3) is 4.19. The zero-order chi connectivity index (χ0) is 15.4. The summed E-state index contributed by atoms with van der Waals surface area (Å²) >= 11 is 6.91. The van der Waals surface area contributed by atoms with Gasteiger partial charge in [0.1, 0.15) is 0 Å². The van der Waals surface area contributed by atoms with Crippen molar-refractivity contribution in [2.75, 3.05) is 0 Å². The van der Waals surface area contributed by atoms with Crippen LogP contribution in [0, 0.1) is 0 Å². The van der Waals surface area contributed by atoms with Crippen LogP contribution >= 0.6 is 31.9 Å². The van der Waals surface area contributed by atoms with Crippen LogP contribution in [0.15, 0.2) is 81.7 Å². The molecule has 108 valence electrons. The molecule has 0 aromatic heterocycles. The van der Waals surface area contributed by atoms with Crippen LogP contribution in [-0.2, 0) is 0 Å². The Morgan fingerprint density at radius 3 is 1.09 bits per heavy atom. The maximum Gasteiger partial charge on any atom is 0.0175 e. The third-order valence-electron chi connectivity index (χ3n) is 3.34. The van der Waals surface area contributed by atoms with Crippen LogP contribution in [0.5, 0.6) is 0 Å². The number of rotatable bonds is 2. The molecule has 0 N–H and O–H groups in total. The third-order valence-corrected chi connectivity index (χ3v) is 4.40. The first-order valence-corrected chi connectivity index (χ1v) is 8.58. The average Bonchev–Trinajstić information content (AvgIpc) is 2.54. The summed E-state index contributed by atoms with van der Waals surface area (Å²) in [5.74, 6) is 0. The number of halogens is 2. The quantitative estimate of drug-likeness (QED) is 0.562. The molecule has 0 saturated carbocycles. The van der Waals surface area contributed by atoms with Crippen molar-refractivity contribution in [2.24, 2.45) is 0 Å². The Hall–Kier alpha value is -1.64. The van der Waals surface area contributed by atoms with E-state index in [-0.39, 0.29) is 0 Å². The highest BCUT2D eigenvalue weighted by atomic mass is 79.9. The van der Waals surface area contributed by atoms with Gasteiger partial charge in [-0.3, -0.25) is 0 Å². The summed E-state index contributed by atoms with van der Waals surface area (Å²) in [5, 5.41) is 2.41. The van der Waals surface area contributed by atoms with Crippen molar-refractivity contribution in [3.8, 4) is 0 Å². The number of benzene rings is 3. The first-order chi connectivity index (χ1) is 10.7. The fourth-order valence-corrected chi connectivity index (χ4v) is 2.72. The molecular formula is C20H14Br2. The molecule has 3 aromatic carbocycles. The molecule has 0 atom stereocenters. The Balaban J connectivity index is 1.89. The van der Waals surface area contributed by atoms with Crippen LogP contribution in [0.25, 0.3) is 12.2 Å². The lowest BCUT2D eigenvalue weighted by Crippen LogP contribution is -2.07. The predicted molar refractivity (Wildman–Crippen MR) is 101 cm³/mol. The summed E-state index contributed by atoms with van der Waals surface area (Å²) in [6, 6.07) is 25.2. The molecule has 0 aliphatic heterocycles. The molecular weight excluding hydrogens is 400 g/mol. The molecule has 0 saturated heterocycles. The van der Waals surface area contributed by atoms with Crippen LogP contribution in [-0.4, -0.2) is 0 Å². The van der Waals surface area contributed by atoms with Crippen molar-refractivity contribution in [1.29, 1.82) is 0 Å². The van der Waals surface area contributed by atoms with Gasteiger partial charge in [-0.15, -0.1) is 0 Å². The van der Waals surface area contributed by atoms with Gasteiger partial charge in [-0.1, -0.05) is 80.4 Å². The standard InChI is InChI=1S/C20H14Br2/c21-19-9-5-17(6-10-19)13-15-1-2-16(4-3-15)14-18-7-11-20(22)12-8-18/h1-14H. The Labute approximate surface area is 147 Å². The molecule has 0 aliphatic rings. The van der Waals surface area contributed by atoms with Gasteiger partial charge in [0.15, 0.2) is 0 Å². The lowest BCUT2D eigenvalue weighted by atomic mass is 10.1. The molecule has 0 radical (unpaired) electrons. The second kappa shape index (κ2) is 7.08. The first kappa shape index (κ1) is 15.3. The summed E-state index contributed by atoms with van der Waals surface area (Å²) < 4.78 is 2.20. The molecule has 0 spiro atoms. The lowest BCUT2D eigenvalue weighted by molar-refractivity contribution is 1.51. The second-order valence-corrected chi connectivity index (χ2v) is 6.89. The fourth-order valence-electron chi connectivity index (χ4n) is 2.19. The second-order valence-electron chi connectivity index (χ2n) is 5.06. The topological polar surface area (TPSA) is 0 Å². The van der Waals surface area contributed by atoms with Crippen LogP contribution in [0.2, 0.25) is 0 Å². The highest BCUT2D eigenvalue weighted by Gasteiger charge is 1.90. The fraction of sp³-hybridized carbons (Fsp3) is 0. The van der Waals surface area contributed by atoms with E-state index in [0.717, 1.165) is 8.95 Å². The minimum Gasteiger partial charge on any atom is -0.0544 e. The molecule has 0 nitrogen and oxygen atoms in total. The van der Waals surface area contributed by atoms with E-state index in [1.807, 2.05) is 0 Å². The van der Waals surface area contributed by atoms with Crippen LogP contribution < -0.4 is 10.4 Å². The lowest BCUT2D eigenvalue weighted by Gasteiger charge is -1.95. The molecule has 0 unspecified atom stereocenters. The van der Waals surface area contributed by atoms with Crippen molar-refractivity contribution in [3.63, 3.8) is 0 Å². The van der Waals surface area contributed by atoms with Crippen molar-refractivity contribution in [2.45, 2.75) is 0 Å². The van der Waals surface area contributed by atoms with E-state index in [9.17, 15) is 0 Å². The molecule has 0 fully saturated rings. The molecule has 0 aliphatic carbocycles. The van der Waals surface area contributed by atoms with E-state index in [0.29, 0.717) is 0 Å². The Bertz CT molecular complexity index is 776. The average molecular weight is 414 g/mol. The van der Waals surface area contributed by atoms with Gasteiger partial charge in [-0.05, 0) is 58.0 Å². The van der Waals surface area contributed by atoms with E-state index in [4.69, 9.17) is 0 Å². The summed E-state index contributed by atoms with van der Waals surface area (Å²) in [5.41, 5.74) is 2.40. The maximum atomic E-state index is 3.46. The Kier molecular flexibility index (Phi) is 4.91. The molecule has 22 heavy (non-hydrogen) atoms. The Morgan fingerprint density at radius 1 is 0.455 bits per heavy atom. The normalized spacial score (nSPS) is 10.3. The van der Waals surface area contributed by atoms with E-state index in [2.05, 4.69) is 117 Å². The van der Waals surface area contributed by atoms with Gasteiger partial charge in [0, 0.05) is 8.95 Å². The van der Waals surface area contributed by atoms with Crippen molar-refractivity contribution in [3.05, 3.63) is 103 Å². The largest absolute Gasteiger partial charge is 0.0544 e. The van der Waals surface area contributed by atoms with Gasteiger partial charge >= 0.3 is 0 Å². The van der Waals surface area contributed by atoms with Gasteiger partial charge in [0.25, 0.3) is 0 Å². The van der Waals surface area contributed by atoms with Crippen LogP contribution in [0.4, 0.5) is 0 Å². The van der Waals surface area contributed by atoms with E-state index in [1.165, 1.54) is 21.6 Å². The SMILES string of the molecule is Brc1ccc(C=c2ccc(=Cc3ccc(Br)cc3)cc2)cc1. The van der Waals surface area contributed by atoms with Gasteiger partial charge in [0.05, 0.1) is 0 Å². The highest BCUT2D eigenvalue weighted by molar-refractivity contribution is 9.10. The molecule has 3 rings (SSSR count). The maximum absolute atomic E-state index is 3.46. The zero-order valence-electron chi connectivity index (χ0n) is 11.8. The number of hydrogen-bond acceptors (Lipinski definition) is 0. The monoisotopic (exact) mass is 412 g/mol. The van der Waals surface area contributed by atoms with Crippen molar-refractivity contribution in [1.82, 2.24) is 0 Å². The molecule has 0 amide bonds. The van der Waals surface area contributed by atoms with Crippen molar-refractivity contribution >= 4 is 44.0 Å². The van der Waals surface area contributed by atoms with E-state index in [1.54, 1.807) is 0 Å². The minimum absolute atomic E-state index is 1.10. The Morgan fingerprint density at radius 2 is 0.773 bits per heavy atom. The van der Waals surface area contributed by atoms with Gasteiger partial charge in [-0.2, -0.15) is 0 Å². The summed E-state index contributed by atoms with van der Waals surface area (Å²) in [4.78, 5) is 0. The summed E-state index contributed by atoms with van der Waals surface area (Å²) in [6.07, 6.45) is 4.35. The minimum atomic E-state index is 1.10. The van der Waals surface area contributed by atoms with Gasteiger partial charge in [0.2, 0.25) is 0 Å². The first-order valence-electron chi connectivity index (χ1n) is 7.00. The summed E-state index contributed by atoms with van der Waals surface area (Å²) in [7, 11) is 0. The molecule has 0 heterocycles. The summed E-state index contributed by atoms with van der Waals surface area (Å²) in [6.45, 7) is 0. The van der Waals surface area contributed by atoms with Crippen LogP contribution in [0.1, 0.15) is 11.1 Å². The predicted octanol–water partition coefficient (Wildman–Crippen LogP) is 4.87. The van der Waals surface area contributed by atoms with Crippen molar-refractivity contribution < 1.29 is 0 Å². The zero-order valence-corrected chi connectivity index (χ0v) is 15.0. The molecule has 0 bridgehead atoms. The highest BCUT2D eigenvalue weighted by Crippen LogP contribution is 2.11. The van der Waals surface area contributed by atoms with E-state index >= 15 is 0 Å².